The van der Waals surface area contributed by atoms with Crippen LogP contribution in [-0.2, 0) is 0 Å². The van der Waals surface area contributed by atoms with Gasteiger partial charge in [0.15, 0.2) is 0 Å². The first-order chi connectivity index (χ1) is 8.45. The SMILES string of the molecule is CC1(C)CSCC(C#N)(Nc2cccc(Br)c2)C1. The van der Waals surface area contributed by atoms with Gasteiger partial charge < -0.3 is 5.32 Å². The smallest absolute Gasteiger partial charge is 0.135 e. The summed E-state index contributed by atoms with van der Waals surface area (Å²) in [7, 11) is 0. The number of nitrogens with zero attached hydrogens (tertiary/aromatic N) is 1. The van der Waals surface area contributed by atoms with Gasteiger partial charge in [-0.15, -0.1) is 0 Å². The number of rotatable bonds is 2. The van der Waals surface area contributed by atoms with Gasteiger partial charge in [-0.2, -0.15) is 17.0 Å². The van der Waals surface area contributed by atoms with E-state index in [0.717, 1.165) is 28.1 Å². The summed E-state index contributed by atoms with van der Waals surface area (Å²) in [5, 5.41) is 13.0. The molecule has 1 aromatic rings. The van der Waals surface area contributed by atoms with Crippen molar-refractivity contribution in [2.75, 3.05) is 16.8 Å². The molecule has 0 bridgehead atoms. The lowest BCUT2D eigenvalue weighted by molar-refractivity contribution is 0.324. The van der Waals surface area contributed by atoms with Gasteiger partial charge in [0.05, 0.1) is 6.07 Å². The van der Waals surface area contributed by atoms with Crippen LogP contribution in [-0.4, -0.2) is 17.0 Å². The molecule has 96 valence electrons. The van der Waals surface area contributed by atoms with Gasteiger partial charge in [0.25, 0.3) is 0 Å². The van der Waals surface area contributed by atoms with Crippen LogP contribution in [0.2, 0.25) is 0 Å². The monoisotopic (exact) mass is 324 g/mol. The van der Waals surface area contributed by atoms with E-state index >= 15 is 0 Å². The second kappa shape index (κ2) is 5.14. The van der Waals surface area contributed by atoms with E-state index < -0.39 is 5.54 Å². The first-order valence-electron chi connectivity index (χ1n) is 5.98. The summed E-state index contributed by atoms with van der Waals surface area (Å²) in [5.41, 5.74) is 0.759. The zero-order chi connectivity index (χ0) is 13.2. The molecular formula is C14H17BrN2S. The van der Waals surface area contributed by atoms with Crippen LogP contribution in [0.15, 0.2) is 28.7 Å². The quantitative estimate of drug-likeness (QED) is 0.881. The maximum atomic E-state index is 9.57. The van der Waals surface area contributed by atoms with Gasteiger partial charge >= 0.3 is 0 Å². The van der Waals surface area contributed by atoms with E-state index in [-0.39, 0.29) is 5.41 Å². The molecule has 18 heavy (non-hydrogen) atoms. The van der Waals surface area contributed by atoms with E-state index in [2.05, 4.69) is 41.2 Å². The topological polar surface area (TPSA) is 35.8 Å². The van der Waals surface area contributed by atoms with Gasteiger partial charge in [0.2, 0.25) is 0 Å². The number of nitriles is 1. The number of thioether (sulfide) groups is 1. The first-order valence-corrected chi connectivity index (χ1v) is 7.92. The number of anilines is 1. The fourth-order valence-electron chi connectivity index (χ4n) is 2.44. The molecule has 2 nitrogen and oxygen atoms in total. The second-order valence-electron chi connectivity index (χ2n) is 5.66. The minimum absolute atomic E-state index is 0.206. The van der Waals surface area contributed by atoms with E-state index in [1.807, 2.05) is 36.0 Å². The van der Waals surface area contributed by atoms with E-state index in [9.17, 15) is 5.26 Å². The fraction of sp³-hybridized carbons (Fsp3) is 0.500. The Bertz CT molecular complexity index is 481. The summed E-state index contributed by atoms with van der Waals surface area (Å²) in [6.07, 6.45) is 0.885. The molecule has 0 radical (unpaired) electrons. The summed E-state index contributed by atoms with van der Waals surface area (Å²) >= 11 is 5.32. The van der Waals surface area contributed by atoms with E-state index in [1.54, 1.807) is 0 Å². The Morgan fingerprint density at radius 3 is 2.78 bits per heavy atom. The molecule has 0 amide bonds. The van der Waals surface area contributed by atoms with Gasteiger partial charge in [-0.25, -0.2) is 0 Å². The third kappa shape index (κ3) is 3.21. The molecule has 0 aliphatic carbocycles. The van der Waals surface area contributed by atoms with Gasteiger partial charge in [-0.1, -0.05) is 35.8 Å². The Morgan fingerprint density at radius 2 is 2.17 bits per heavy atom. The Hall–Kier alpha value is -0.660. The van der Waals surface area contributed by atoms with Gasteiger partial charge in [-0.3, -0.25) is 0 Å². The fourth-order valence-corrected chi connectivity index (χ4v) is 4.19. The lowest BCUT2D eigenvalue weighted by Crippen LogP contribution is -2.47. The van der Waals surface area contributed by atoms with Gasteiger partial charge in [-0.05, 0) is 35.8 Å². The minimum atomic E-state index is -0.451. The number of nitrogens with one attached hydrogen (secondary N) is 1. The average Bonchev–Trinajstić information content (AvgIpc) is 2.27. The van der Waals surface area contributed by atoms with E-state index in [0.29, 0.717) is 0 Å². The molecule has 1 aliphatic rings. The third-order valence-corrected chi connectivity index (χ3v) is 5.22. The summed E-state index contributed by atoms with van der Waals surface area (Å²) < 4.78 is 1.03. The summed E-state index contributed by atoms with van der Waals surface area (Å²) in [6.45, 7) is 4.46. The highest BCUT2D eigenvalue weighted by molar-refractivity contribution is 9.10. The molecule has 1 aliphatic heterocycles. The Kier molecular flexibility index (Phi) is 3.93. The molecule has 1 atom stereocenters. The molecule has 1 N–H and O–H groups in total. The molecule has 1 heterocycles. The zero-order valence-corrected chi connectivity index (χ0v) is 13.1. The minimum Gasteiger partial charge on any atom is -0.367 e. The highest BCUT2D eigenvalue weighted by Gasteiger charge is 2.40. The Morgan fingerprint density at radius 1 is 1.39 bits per heavy atom. The van der Waals surface area contributed by atoms with Crippen LogP contribution >= 0.6 is 27.7 Å². The summed E-state index contributed by atoms with van der Waals surface area (Å²) in [4.78, 5) is 0. The van der Waals surface area contributed by atoms with Crippen molar-refractivity contribution in [1.29, 1.82) is 5.26 Å². The molecule has 0 saturated carbocycles. The molecule has 2 rings (SSSR count). The average molecular weight is 325 g/mol. The summed E-state index contributed by atoms with van der Waals surface area (Å²) in [6, 6.07) is 10.5. The predicted octanol–water partition coefficient (Wildman–Crippen LogP) is 4.29. The van der Waals surface area contributed by atoms with Crippen molar-refractivity contribution in [2.24, 2.45) is 5.41 Å². The van der Waals surface area contributed by atoms with Crippen LogP contribution < -0.4 is 5.32 Å². The third-order valence-electron chi connectivity index (χ3n) is 3.04. The van der Waals surface area contributed by atoms with Crippen molar-refractivity contribution >= 4 is 33.4 Å². The lowest BCUT2D eigenvalue weighted by Gasteiger charge is -2.41. The van der Waals surface area contributed by atoms with Crippen LogP contribution in [0, 0.1) is 16.7 Å². The lowest BCUT2D eigenvalue weighted by atomic mass is 9.80. The van der Waals surface area contributed by atoms with Crippen molar-refractivity contribution in [1.82, 2.24) is 0 Å². The van der Waals surface area contributed by atoms with Crippen molar-refractivity contribution in [3.05, 3.63) is 28.7 Å². The van der Waals surface area contributed by atoms with Crippen LogP contribution in [0.25, 0.3) is 0 Å². The highest BCUT2D eigenvalue weighted by atomic mass is 79.9. The largest absolute Gasteiger partial charge is 0.367 e. The van der Waals surface area contributed by atoms with Gasteiger partial charge in [0.1, 0.15) is 5.54 Å². The molecule has 4 heteroatoms. The normalized spacial score (nSPS) is 26.3. The molecule has 0 aromatic heterocycles. The Labute approximate surface area is 121 Å². The molecule has 1 saturated heterocycles. The highest BCUT2D eigenvalue weighted by Crippen LogP contribution is 2.40. The predicted molar refractivity (Wildman–Crippen MR) is 81.8 cm³/mol. The maximum Gasteiger partial charge on any atom is 0.135 e. The molecule has 1 unspecified atom stereocenters. The Balaban J connectivity index is 2.21. The standard InChI is InChI=1S/C14H17BrN2S/c1-13(2)7-14(8-16,10-18-9-13)17-12-5-3-4-11(15)6-12/h3-6,17H,7,9-10H2,1-2H3. The molecule has 1 fully saturated rings. The van der Waals surface area contributed by atoms with Crippen LogP contribution in [0.1, 0.15) is 20.3 Å². The van der Waals surface area contributed by atoms with Crippen molar-refractivity contribution in [2.45, 2.75) is 25.8 Å². The number of benzene rings is 1. The number of hydrogen-bond donors (Lipinski definition) is 1. The van der Waals surface area contributed by atoms with E-state index in [4.69, 9.17) is 0 Å². The van der Waals surface area contributed by atoms with Crippen LogP contribution in [0.5, 0.6) is 0 Å². The van der Waals surface area contributed by atoms with E-state index in [1.165, 1.54) is 0 Å². The zero-order valence-electron chi connectivity index (χ0n) is 10.7. The van der Waals surface area contributed by atoms with Crippen LogP contribution in [0.4, 0.5) is 5.69 Å². The van der Waals surface area contributed by atoms with Crippen molar-refractivity contribution in [3.8, 4) is 6.07 Å². The molecular weight excluding hydrogens is 308 g/mol. The van der Waals surface area contributed by atoms with Crippen molar-refractivity contribution in [3.63, 3.8) is 0 Å². The molecule has 0 spiro atoms. The maximum absolute atomic E-state index is 9.57. The van der Waals surface area contributed by atoms with Crippen molar-refractivity contribution < 1.29 is 0 Å². The van der Waals surface area contributed by atoms with Gasteiger partial charge in [0, 0.05) is 15.9 Å². The van der Waals surface area contributed by atoms with Crippen LogP contribution in [0.3, 0.4) is 0 Å². The second-order valence-corrected chi connectivity index (χ2v) is 7.56. The number of hydrogen-bond acceptors (Lipinski definition) is 3. The number of halogens is 1. The summed E-state index contributed by atoms with van der Waals surface area (Å²) in [5.74, 6) is 1.97. The molecule has 1 aromatic carbocycles. The first kappa shape index (κ1) is 13.8.